The predicted molar refractivity (Wildman–Crippen MR) is 46.7 cm³/mol. The number of hydrogen-bond acceptors (Lipinski definition) is 5. The molecule has 0 aromatic heterocycles. The Bertz CT molecular complexity index is 221. The lowest BCUT2D eigenvalue weighted by molar-refractivity contribution is -0.215. The second-order valence-electron chi connectivity index (χ2n) is 4.01. The fourth-order valence-electron chi connectivity index (χ4n) is 2.11. The molecular formula is C9H16O5. The number of rotatable bonds is 2. The zero-order valence-electron chi connectivity index (χ0n) is 8.34. The van der Waals surface area contributed by atoms with Crippen LogP contribution in [-0.4, -0.2) is 54.1 Å². The maximum Gasteiger partial charge on any atom is 0.168 e. The Hall–Kier alpha value is -0.200. The molecule has 0 amide bonds. The standard InChI is InChI=1S/C9H16O5/c1-9(12-2)3-5-8(14-9)7(11)6(4-10)13-5/h5-8,10-11H,3-4H2,1-2H3/t5-,6-,7?,8?,9+/m1/s1. The maximum atomic E-state index is 9.72. The van der Waals surface area contributed by atoms with Gasteiger partial charge < -0.3 is 24.4 Å². The van der Waals surface area contributed by atoms with Gasteiger partial charge in [0.25, 0.3) is 0 Å². The van der Waals surface area contributed by atoms with Gasteiger partial charge in [0.15, 0.2) is 5.79 Å². The van der Waals surface area contributed by atoms with Crippen molar-refractivity contribution < 1.29 is 24.4 Å². The lowest BCUT2D eigenvalue weighted by Crippen LogP contribution is -2.37. The molecule has 0 aromatic carbocycles. The van der Waals surface area contributed by atoms with E-state index in [-0.39, 0.29) is 18.8 Å². The van der Waals surface area contributed by atoms with E-state index in [9.17, 15) is 5.11 Å². The average Bonchev–Trinajstić information content (AvgIpc) is 2.64. The van der Waals surface area contributed by atoms with Crippen LogP contribution in [0.15, 0.2) is 0 Å². The summed E-state index contributed by atoms with van der Waals surface area (Å²) in [6, 6.07) is 0. The Labute approximate surface area is 82.6 Å². The van der Waals surface area contributed by atoms with Gasteiger partial charge in [-0.25, -0.2) is 0 Å². The lowest BCUT2D eigenvalue weighted by Gasteiger charge is -2.25. The number of methoxy groups -OCH3 is 1. The van der Waals surface area contributed by atoms with Gasteiger partial charge in [-0.3, -0.25) is 0 Å². The first-order valence-corrected chi connectivity index (χ1v) is 4.77. The van der Waals surface area contributed by atoms with Crippen molar-refractivity contribution in [1.82, 2.24) is 0 Å². The summed E-state index contributed by atoms with van der Waals surface area (Å²) in [6.07, 6.45) is -1.25. The Morgan fingerprint density at radius 2 is 2.29 bits per heavy atom. The van der Waals surface area contributed by atoms with Gasteiger partial charge >= 0.3 is 0 Å². The highest BCUT2D eigenvalue weighted by Crippen LogP contribution is 2.39. The zero-order chi connectivity index (χ0) is 10.3. The summed E-state index contributed by atoms with van der Waals surface area (Å²) in [6.45, 7) is 1.64. The highest BCUT2D eigenvalue weighted by Gasteiger charge is 2.54. The molecule has 2 fully saturated rings. The Kier molecular flexibility index (Phi) is 2.53. The van der Waals surface area contributed by atoms with Crippen molar-refractivity contribution in [2.45, 2.75) is 43.5 Å². The van der Waals surface area contributed by atoms with E-state index in [4.69, 9.17) is 19.3 Å². The molecule has 5 nitrogen and oxygen atoms in total. The quantitative estimate of drug-likeness (QED) is 0.620. The first kappa shape index (κ1) is 10.3. The molecule has 2 saturated heterocycles. The highest BCUT2D eigenvalue weighted by molar-refractivity contribution is 4.98. The summed E-state index contributed by atoms with van der Waals surface area (Å²) < 4.78 is 16.2. The van der Waals surface area contributed by atoms with Crippen molar-refractivity contribution in [3.05, 3.63) is 0 Å². The molecule has 2 heterocycles. The fraction of sp³-hybridized carbons (Fsp3) is 1.00. The van der Waals surface area contributed by atoms with Crippen LogP contribution in [0.2, 0.25) is 0 Å². The van der Waals surface area contributed by atoms with Gasteiger partial charge in [0, 0.05) is 13.5 Å². The van der Waals surface area contributed by atoms with E-state index in [1.165, 1.54) is 0 Å². The summed E-state index contributed by atoms with van der Waals surface area (Å²) in [5.74, 6) is -0.670. The summed E-state index contributed by atoms with van der Waals surface area (Å²) in [5, 5.41) is 18.6. The molecule has 2 aliphatic rings. The molecule has 0 saturated carbocycles. The first-order chi connectivity index (χ1) is 6.59. The molecule has 0 spiro atoms. The summed E-state index contributed by atoms with van der Waals surface area (Å²) in [5.41, 5.74) is 0. The Balaban J connectivity index is 2.05. The van der Waals surface area contributed by atoms with Crippen LogP contribution in [0.5, 0.6) is 0 Å². The second-order valence-corrected chi connectivity index (χ2v) is 4.01. The van der Waals surface area contributed by atoms with Crippen LogP contribution in [0.4, 0.5) is 0 Å². The highest BCUT2D eigenvalue weighted by atomic mass is 16.7. The minimum absolute atomic E-state index is 0.174. The summed E-state index contributed by atoms with van der Waals surface area (Å²) >= 11 is 0. The summed E-state index contributed by atoms with van der Waals surface area (Å²) in [7, 11) is 1.57. The molecule has 2 N–H and O–H groups in total. The topological polar surface area (TPSA) is 68.2 Å². The van der Waals surface area contributed by atoms with Crippen LogP contribution in [0.3, 0.4) is 0 Å². The third kappa shape index (κ3) is 1.45. The van der Waals surface area contributed by atoms with Crippen molar-refractivity contribution in [1.29, 1.82) is 0 Å². The SMILES string of the molecule is CO[C@]1(C)C[C@H]2O[C@H](CO)C(O)C2O1. The van der Waals surface area contributed by atoms with Gasteiger partial charge in [-0.1, -0.05) is 0 Å². The lowest BCUT2D eigenvalue weighted by atomic mass is 10.1. The van der Waals surface area contributed by atoms with Gasteiger partial charge in [-0.05, 0) is 6.92 Å². The number of fused-ring (bicyclic) bond motifs is 1. The van der Waals surface area contributed by atoms with E-state index in [0.717, 1.165) is 0 Å². The third-order valence-corrected chi connectivity index (χ3v) is 3.00. The smallest absolute Gasteiger partial charge is 0.168 e. The van der Waals surface area contributed by atoms with Crippen molar-refractivity contribution in [3.63, 3.8) is 0 Å². The predicted octanol–water partition coefficient (Wildman–Crippen LogP) is -0.742. The number of aliphatic hydroxyl groups excluding tert-OH is 2. The minimum Gasteiger partial charge on any atom is -0.394 e. The van der Waals surface area contributed by atoms with Gasteiger partial charge in [-0.15, -0.1) is 0 Å². The monoisotopic (exact) mass is 204 g/mol. The van der Waals surface area contributed by atoms with E-state index in [2.05, 4.69) is 0 Å². The van der Waals surface area contributed by atoms with E-state index < -0.39 is 18.0 Å². The fourth-order valence-corrected chi connectivity index (χ4v) is 2.11. The van der Waals surface area contributed by atoms with Crippen molar-refractivity contribution in [2.24, 2.45) is 0 Å². The minimum atomic E-state index is -0.762. The van der Waals surface area contributed by atoms with Crippen LogP contribution in [0, 0.1) is 0 Å². The molecular weight excluding hydrogens is 188 g/mol. The van der Waals surface area contributed by atoms with Crippen molar-refractivity contribution in [3.8, 4) is 0 Å². The van der Waals surface area contributed by atoms with E-state index in [0.29, 0.717) is 6.42 Å². The van der Waals surface area contributed by atoms with E-state index >= 15 is 0 Å². The molecule has 2 rings (SSSR count). The van der Waals surface area contributed by atoms with Crippen LogP contribution in [-0.2, 0) is 14.2 Å². The average molecular weight is 204 g/mol. The van der Waals surface area contributed by atoms with Gasteiger partial charge in [-0.2, -0.15) is 0 Å². The van der Waals surface area contributed by atoms with Gasteiger partial charge in [0.05, 0.1) is 12.7 Å². The van der Waals surface area contributed by atoms with Crippen LogP contribution < -0.4 is 0 Å². The van der Waals surface area contributed by atoms with Crippen molar-refractivity contribution in [2.75, 3.05) is 13.7 Å². The normalized spacial score (nSPS) is 52.3. The van der Waals surface area contributed by atoms with Gasteiger partial charge in [0.2, 0.25) is 0 Å². The molecule has 5 heteroatoms. The maximum absolute atomic E-state index is 9.72. The molecule has 2 unspecified atom stereocenters. The molecule has 82 valence electrons. The molecule has 5 atom stereocenters. The van der Waals surface area contributed by atoms with Crippen molar-refractivity contribution >= 4 is 0 Å². The van der Waals surface area contributed by atoms with Gasteiger partial charge in [0.1, 0.15) is 18.3 Å². The second kappa shape index (κ2) is 3.43. The van der Waals surface area contributed by atoms with Crippen LogP contribution in [0.1, 0.15) is 13.3 Å². The van der Waals surface area contributed by atoms with Crippen LogP contribution in [0.25, 0.3) is 0 Å². The molecule has 2 aliphatic heterocycles. The van der Waals surface area contributed by atoms with Crippen LogP contribution >= 0.6 is 0 Å². The largest absolute Gasteiger partial charge is 0.394 e. The first-order valence-electron chi connectivity index (χ1n) is 4.77. The van der Waals surface area contributed by atoms with E-state index in [1.807, 2.05) is 6.92 Å². The molecule has 0 aromatic rings. The molecule has 14 heavy (non-hydrogen) atoms. The number of ether oxygens (including phenoxy) is 3. The summed E-state index contributed by atoms with van der Waals surface area (Å²) in [4.78, 5) is 0. The molecule has 0 radical (unpaired) electrons. The Morgan fingerprint density at radius 3 is 2.79 bits per heavy atom. The molecule has 0 aliphatic carbocycles. The van der Waals surface area contributed by atoms with E-state index in [1.54, 1.807) is 7.11 Å². The number of hydrogen-bond donors (Lipinski definition) is 2. The zero-order valence-corrected chi connectivity index (χ0v) is 8.34. The molecule has 0 bridgehead atoms. The third-order valence-electron chi connectivity index (χ3n) is 3.00. The Morgan fingerprint density at radius 1 is 1.57 bits per heavy atom. The number of aliphatic hydroxyl groups is 2.